The van der Waals surface area contributed by atoms with E-state index in [1.165, 1.54) is 21.3 Å². The van der Waals surface area contributed by atoms with Crippen molar-refractivity contribution >= 4 is 5.91 Å². The lowest BCUT2D eigenvalue weighted by molar-refractivity contribution is 0.0526. The standard InChI is InChI=1S/C25H27NO5/c1-25(28,20-12-10-18(11-13-20)17-8-6-5-7-9-17)16-26-24(27)19-14-21(29-2)23(31-4)22(15-19)30-3/h5-15,28H,16H2,1-4H3,(H,26,27)/t25-/m1/s1. The number of rotatable bonds is 8. The molecule has 6 heteroatoms. The van der Waals surface area contributed by atoms with Crippen LogP contribution in [0.15, 0.2) is 66.7 Å². The molecule has 0 saturated heterocycles. The van der Waals surface area contributed by atoms with Gasteiger partial charge in [-0.3, -0.25) is 4.79 Å². The highest BCUT2D eigenvalue weighted by Crippen LogP contribution is 2.38. The highest BCUT2D eigenvalue weighted by Gasteiger charge is 2.25. The van der Waals surface area contributed by atoms with E-state index in [4.69, 9.17) is 14.2 Å². The van der Waals surface area contributed by atoms with Gasteiger partial charge in [0.25, 0.3) is 5.91 Å². The Bertz CT molecular complexity index is 1000. The van der Waals surface area contributed by atoms with Gasteiger partial charge in [-0.2, -0.15) is 0 Å². The van der Waals surface area contributed by atoms with Crippen molar-refractivity contribution in [2.45, 2.75) is 12.5 Å². The lowest BCUT2D eigenvalue weighted by Gasteiger charge is -2.25. The van der Waals surface area contributed by atoms with E-state index in [0.717, 1.165) is 11.1 Å². The number of benzene rings is 3. The zero-order chi connectivity index (χ0) is 22.4. The van der Waals surface area contributed by atoms with Crippen molar-refractivity contribution in [1.82, 2.24) is 5.32 Å². The van der Waals surface area contributed by atoms with Crippen molar-refractivity contribution in [2.24, 2.45) is 0 Å². The smallest absolute Gasteiger partial charge is 0.251 e. The maximum absolute atomic E-state index is 12.7. The van der Waals surface area contributed by atoms with Crippen LogP contribution in [0.1, 0.15) is 22.8 Å². The molecule has 162 valence electrons. The quantitative estimate of drug-likeness (QED) is 0.575. The molecule has 0 spiro atoms. The van der Waals surface area contributed by atoms with Gasteiger partial charge in [-0.25, -0.2) is 0 Å². The van der Waals surface area contributed by atoms with Crippen molar-refractivity contribution in [3.8, 4) is 28.4 Å². The molecule has 0 unspecified atom stereocenters. The minimum atomic E-state index is -1.24. The Hall–Kier alpha value is -3.51. The topological polar surface area (TPSA) is 77.0 Å². The Labute approximate surface area is 182 Å². The van der Waals surface area contributed by atoms with Crippen LogP contribution in [0, 0.1) is 0 Å². The molecule has 0 aromatic heterocycles. The fraction of sp³-hybridized carbons (Fsp3) is 0.240. The molecule has 0 saturated carbocycles. The van der Waals surface area contributed by atoms with Gasteiger partial charge >= 0.3 is 0 Å². The number of aliphatic hydroxyl groups is 1. The first kappa shape index (κ1) is 22.2. The molecule has 3 aromatic rings. The number of methoxy groups -OCH3 is 3. The summed E-state index contributed by atoms with van der Waals surface area (Å²) >= 11 is 0. The molecule has 0 heterocycles. The van der Waals surface area contributed by atoms with Crippen LogP contribution in [0.4, 0.5) is 0 Å². The first-order valence-electron chi connectivity index (χ1n) is 9.86. The van der Waals surface area contributed by atoms with Gasteiger partial charge in [-0.1, -0.05) is 54.6 Å². The predicted octanol–water partition coefficient (Wildman–Crippen LogP) is 4.02. The number of hydrogen-bond donors (Lipinski definition) is 2. The maximum atomic E-state index is 12.7. The SMILES string of the molecule is COc1cc(C(=O)NC[C@@](C)(O)c2ccc(-c3ccccc3)cc2)cc(OC)c1OC. The summed E-state index contributed by atoms with van der Waals surface area (Å²) in [5.74, 6) is 0.818. The van der Waals surface area contributed by atoms with Gasteiger partial charge in [0.2, 0.25) is 5.75 Å². The van der Waals surface area contributed by atoms with E-state index in [9.17, 15) is 9.90 Å². The van der Waals surface area contributed by atoms with E-state index in [1.54, 1.807) is 19.1 Å². The second kappa shape index (κ2) is 9.53. The average Bonchev–Trinajstić information content (AvgIpc) is 2.82. The van der Waals surface area contributed by atoms with E-state index in [1.807, 2.05) is 54.6 Å². The molecule has 31 heavy (non-hydrogen) atoms. The van der Waals surface area contributed by atoms with Crippen LogP contribution >= 0.6 is 0 Å². The minimum Gasteiger partial charge on any atom is -0.493 e. The molecule has 3 aromatic carbocycles. The Morgan fingerprint density at radius 3 is 1.94 bits per heavy atom. The normalized spacial score (nSPS) is 12.5. The second-order valence-electron chi connectivity index (χ2n) is 7.31. The molecule has 6 nitrogen and oxygen atoms in total. The lowest BCUT2D eigenvalue weighted by Crippen LogP contribution is -2.38. The van der Waals surface area contributed by atoms with Crippen molar-refractivity contribution in [3.63, 3.8) is 0 Å². The Kier molecular flexibility index (Phi) is 6.82. The number of hydrogen-bond acceptors (Lipinski definition) is 5. The van der Waals surface area contributed by atoms with Gasteiger partial charge in [-0.05, 0) is 35.7 Å². The Morgan fingerprint density at radius 2 is 1.42 bits per heavy atom. The summed E-state index contributed by atoms with van der Waals surface area (Å²) in [5, 5.41) is 13.7. The highest BCUT2D eigenvalue weighted by atomic mass is 16.5. The molecular formula is C25H27NO5. The van der Waals surface area contributed by atoms with Crippen LogP contribution in [0.5, 0.6) is 17.2 Å². The summed E-state index contributed by atoms with van der Waals surface area (Å²) in [6.45, 7) is 1.70. The van der Waals surface area contributed by atoms with E-state index in [0.29, 0.717) is 28.4 Å². The summed E-state index contributed by atoms with van der Waals surface area (Å²) in [6, 6.07) is 20.8. The fourth-order valence-corrected chi connectivity index (χ4v) is 3.32. The van der Waals surface area contributed by atoms with Crippen LogP contribution in [0.3, 0.4) is 0 Å². The number of carbonyl (C=O) groups excluding carboxylic acids is 1. The van der Waals surface area contributed by atoms with E-state index < -0.39 is 5.60 Å². The zero-order valence-electron chi connectivity index (χ0n) is 18.1. The molecule has 1 atom stereocenters. The van der Waals surface area contributed by atoms with Gasteiger partial charge in [0.1, 0.15) is 5.60 Å². The molecule has 0 fully saturated rings. The third-order valence-corrected chi connectivity index (χ3v) is 5.13. The van der Waals surface area contributed by atoms with Gasteiger partial charge in [-0.15, -0.1) is 0 Å². The monoisotopic (exact) mass is 421 g/mol. The van der Waals surface area contributed by atoms with E-state index in [2.05, 4.69) is 5.32 Å². The van der Waals surface area contributed by atoms with Gasteiger partial charge in [0, 0.05) is 5.56 Å². The highest BCUT2D eigenvalue weighted by molar-refractivity contribution is 5.95. The Balaban J connectivity index is 1.73. The molecule has 0 aliphatic carbocycles. The molecule has 0 bridgehead atoms. The zero-order valence-corrected chi connectivity index (χ0v) is 18.1. The number of nitrogens with one attached hydrogen (secondary N) is 1. The molecule has 3 rings (SSSR count). The largest absolute Gasteiger partial charge is 0.493 e. The summed E-state index contributed by atoms with van der Waals surface area (Å²) in [7, 11) is 4.48. The molecule has 0 aliphatic rings. The fourth-order valence-electron chi connectivity index (χ4n) is 3.32. The summed E-state index contributed by atoms with van der Waals surface area (Å²) in [6.07, 6.45) is 0. The minimum absolute atomic E-state index is 0.0349. The van der Waals surface area contributed by atoms with Crippen LogP contribution < -0.4 is 19.5 Å². The van der Waals surface area contributed by atoms with E-state index in [-0.39, 0.29) is 12.5 Å². The van der Waals surface area contributed by atoms with Gasteiger partial charge in [0.15, 0.2) is 11.5 Å². The molecule has 1 amide bonds. The third kappa shape index (κ3) is 4.98. The summed E-state index contributed by atoms with van der Waals surface area (Å²) in [5.41, 5.74) is 1.96. The first-order valence-corrected chi connectivity index (χ1v) is 9.86. The van der Waals surface area contributed by atoms with Crippen LogP contribution in [0.25, 0.3) is 11.1 Å². The van der Waals surface area contributed by atoms with Crippen LogP contribution in [0.2, 0.25) is 0 Å². The number of ether oxygens (including phenoxy) is 3. The van der Waals surface area contributed by atoms with Crippen molar-refractivity contribution in [2.75, 3.05) is 27.9 Å². The molecular weight excluding hydrogens is 394 g/mol. The molecule has 0 aliphatic heterocycles. The third-order valence-electron chi connectivity index (χ3n) is 5.13. The summed E-state index contributed by atoms with van der Waals surface area (Å²) < 4.78 is 15.9. The van der Waals surface area contributed by atoms with Gasteiger partial charge in [0.05, 0.1) is 27.9 Å². The maximum Gasteiger partial charge on any atom is 0.251 e. The second-order valence-corrected chi connectivity index (χ2v) is 7.31. The molecule has 0 radical (unpaired) electrons. The summed E-state index contributed by atoms with van der Waals surface area (Å²) in [4.78, 5) is 12.7. The average molecular weight is 421 g/mol. The van der Waals surface area contributed by atoms with Crippen molar-refractivity contribution in [3.05, 3.63) is 77.9 Å². The van der Waals surface area contributed by atoms with Gasteiger partial charge < -0.3 is 24.6 Å². The number of carbonyl (C=O) groups is 1. The molecule has 2 N–H and O–H groups in total. The van der Waals surface area contributed by atoms with Crippen LogP contribution in [-0.4, -0.2) is 38.9 Å². The Morgan fingerprint density at radius 1 is 0.871 bits per heavy atom. The van der Waals surface area contributed by atoms with E-state index >= 15 is 0 Å². The first-order chi connectivity index (χ1) is 14.9. The van der Waals surface area contributed by atoms with Crippen molar-refractivity contribution in [1.29, 1.82) is 0 Å². The number of amides is 1. The predicted molar refractivity (Wildman–Crippen MR) is 120 cm³/mol. The van der Waals surface area contributed by atoms with Crippen LogP contribution in [-0.2, 0) is 5.60 Å². The van der Waals surface area contributed by atoms with Crippen molar-refractivity contribution < 1.29 is 24.1 Å². The lowest BCUT2D eigenvalue weighted by atomic mass is 9.93.